The van der Waals surface area contributed by atoms with Crippen LogP contribution < -0.4 is 5.43 Å². The zero-order chi connectivity index (χ0) is 19.3. The Kier molecular flexibility index (Phi) is 4.98. The molecule has 0 fully saturated rings. The van der Waals surface area contributed by atoms with Crippen molar-refractivity contribution < 1.29 is 4.79 Å². The predicted octanol–water partition coefficient (Wildman–Crippen LogP) is 5.66. The number of carbonyl (C=O) groups is 1. The largest absolute Gasteiger partial charge is 0.272 e. The SMILES string of the molecule is C/C(=N\NC(=O)c1cccc2ccccc12)c1ccc(-c2ccccc2)cc1. The summed E-state index contributed by atoms with van der Waals surface area (Å²) < 4.78 is 0. The summed E-state index contributed by atoms with van der Waals surface area (Å²) in [6.07, 6.45) is 0. The molecule has 0 aliphatic rings. The number of hydrazone groups is 1. The molecule has 0 aromatic heterocycles. The van der Waals surface area contributed by atoms with Crippen molar-refractivity contribution in [2.45, 2.75) is 6.92 Å². The van der Waals surface area contributed by atoms with E-state index in [1.165, 1.54) is 5.56 Å². The highest BCUT2D eigenvalue weighted by Gasteiger charge is 2.09. The first-order chi connectivity index (χ1) is 13.7. The van der Waals surface area contributed by atoms with Gasteiger partial charge in [0, 0.05) is 5.56 Å². The molecule has 0 aliphatic carbocycles. The topological polar surface area (TPSA) is 41.5 Å². The van der Waals surface area contributed by atoms with E-state index < -0.39 is 0 Å². The lowest BCUT2D eigenvalue weighted by molar-refractivity contribution is 0.0956. The monoisotopic (exact) mass is 364 g/mol. The summed E-state index contributed by atoms with van der Waals surface area (Å²) in [4.78, 5) is 12.6. The normalized spacial score (nSPS) is 11.4. The number of rotatable bonds is 4. The number of nitrogens with zero attached hydrogens (tertiary/aromatic N) is 1. The Morgan fingerprint density at radius 1 is 0.714 bits per heavy atom. The molecule has 4 rings (SSSR count). The second-order valence-corrected chi connectivity index (χ2v) is 6.61. The maximum atomic E-state index is 12.6. The van der Waals surface area contributed by atoms with Gasteiger partial charge in [-0.15, -0.1) is 0 Å². The van der Waals surface area contributed by atoms with E-state index in [0.717, 1.165) is 27.6 Å². The molecule has 4 aromatic carbocycles. The lowest BCUT2D eigenvalue weighted by Crippen LogP contribution is -2.19. The lowest BCUT2D eigenvalue weighted by Gasteiger charge is -2.07. The molecule has 3 nitrogen and oxygen atoms in total. The van der Waals surface area contributed by atoms with E-state index in [-0.39, 0.29) is 5.91 Å². The van der Waals surface area contributed by atoms with Gasteiger partial charge in [-0.1, -0.05) is 91.0 Å². The average molecular weight is 364 g/mol. The molecule has 1 amide bonds. The van der Waals surface area contributed by atoms with Crippen LogP contribution in [0.2, 0.25) is 0 Å². The van der Waals surface area contributed by atoms with E-state index in [2.05, 4.69) is 34.8 Å². The van der Waals surface area contributed by atoms with Gasteiger partial charge in [0.2, 0.25) is 0 Å². The quantitative estimate of drug-likeness (QED) is 0.368. The zero-order valence-electron chi connectivity index (χ0n) is 15.6. The third-order valence-electron chi connectivity index (χ3n) is 4.77. The fourth-order valence-electron chi connectivity index (χ4n) is 3.22. The van der Waals surface area contributed by atoms with Gasteiger partial charge in [-0.25, -0.2) is 5.43 Å². The zero-order valence-corrected chi connectivity index (χ0v) is 15.6. The summed E-state index contributed by atoms with van der Waals surface area (Å²) in [5, 5.41) is 6.25. The molecular weight excluding hydrogens is 344 g/mol. The van der Waals surface area contributed by atoms with Crippen LogP contribution in [0.4, 0.5) is 0 Å². The summed E-state index contributed by atoms with van der Waals surface area (Å²) in [7, 11) is 0. The van der Waals surface area contributed by atoms with Crippen LogP contribution in [0.3, 0.4) is 0 Å². The molecule has 0 radical (unpaired) electrons. The van der Waals surface area contributed by atoms with E-state index in [4.69, 9.17) is 0 Å². The first kappa shape index (κ1) is 17.7. The molecule has 4 aromatic rings. The molecular formula is C25H20N2O. The fourth-order valence-corrected chi connectivity index (χ4v) is 3.22. The Bertz CT molecular complexity index is 1140. The third kappa shape index (κ3) is 3.69. The first-order valence-corrected chi connectivity index (χ1v) is 9.20. The van der Waals surface area contributed by atoms with Gasteiger partial charge in [0.15, 0.2) is 0 Å². The number of hydrogen-bond donors (Lipinski definition) is 1. The van der Waals surface area contributed by atoms with Gasteiger partial charge < -0.3 is 0 Å². The molecule has 0 bridgehead atoms. The van der Waals surface area contributed by atoms with Crippen LogP contribution in [0.25, 0.3) is 21.9 Å². The Labute approximate surface area is 164 Å². The second kappa shape index (κ2) is 7.89. The molecule has 0 aliphatic heterocycles. The van der Waals surface area contributed by atoms with Crippen LogP contribution in [-0.2, 0) is 0 Å². The number of benzene rings is 4. The van der Waals surface area contributed by atoms with Crippen LogP contribution in [0.5, 0.6) is 0 Å². The van der Waals surface area contributed by atoms with Crippen molar-refractivity contribution in [2.24, 2.45) is 5.10 Å². The standard InChI is InChI=1S/C25H20N2O/c1-18(19-14-16-21(17-15-19)20-8-3-2-4-9-20)26-27-25(28)24-13-7-11-22-10-5-6-12-23(22)24/h2-17H,1H3,(H,27,28)/b26-18+. The number of fused-ring (bicyclic) bond motifs is 1. The van der Waals surface area contributed by atoms with Gasteiger partial charge in [0.1, 0.15) is 0 Å². The third-order valence-corrected chi connectivity index (χ3v) is 4.77. The van der Waals surface area contributed by atoms with Crippen molar-refractivity contribution >= 4 is 22.4 Å². The number of nitrogens with one attached hydrogen (secondary N) is 1. The molecule has 28 heavy (non-hydrogen) atoms. The van der Waals surface area contributed by atoms with E-state index in [1.807, 2.05) is 79.7 Å². The van der Waals surface area contributed by atoms with Gasteiger partial charge in [-0.3, -0.25) is 4.79 Å². The number of hydrogen-bond acceptors (Lipinski definition) is 2. The lowest BCUT2D eigenvalue weighted by atomic mass is 10.0. The highest BCUT2D eigenvalue weighted by atomic mass is 16.2. The molecule has 1 N–H and O–H groups in total. The van der Waals surface area contributed by atoms with Crippen LogP contribution in [0.1, 0.15) is 22.8 Å². The Morgan fingerprint density at radius 3 is 2.14 bits per heavy atom. The molecule has 0 atom stereocenters. The maximum absolute atomic E-state index is 12.6. The summed E-state index contributed by atoms with van der Waals surface area (Å²) in [6, 6.07) is 31.9. The van der Waals surface area contributed by atoms with Crippen LogP contribution in [-0.4, -0.2) is 11.6 Å². The van der Waals surface area contributed by atoms with Crippen molar-refractivity contribution in [2.75, 3.05) is 0 Å². The van der Waals surface area contributed by atoms with Gasteiger partial charge in [-0.05, 0) is 40.5 Å². The number of amides is 1. The molecule has 0 heterocycles. The van der Waals surface area contributed by atoms with Crippen molar-refractivity contribution in [1.82, 2.24) is 5.43 Å². The van der Waals surface area contributed by atoms with E-state index in [1.54, 1.807) is 0 Å². The minimum absolute atomic E-state index is 0.211. The summed E-state index contributed by atoms with van der Waals surface area (Å²) in [5.74, 6) is -0.211. The summed E-state index contributed by atoms with van der Waals surface area (Å²) in [5.41, 5.74) is 7.36. The second-order valence-electron chi connectivity index (χ2n) is 6.61. The van der Waals surface area contributed by atoms with Crippen molar-refractivity contribution in [3.63, 3.8) is 0 Å². The van der Waals surface area contributed by atoms with E-state index >= 15 is 0 Å². The summed E-state index contributed by atoms with van der Waals surface area (Å²) in [6.45, 7) is 1.89. The van der Waals surface area contributed by atoms with Crippen LogP contribution in [0, 0.1) is 0 Å². The Morgan fingerprint density at radius 2 is 1.36 bits per heavy atom. The maximum Gasteiger partial charge on any atom is 0.272 e. The van der Waals surface area contributed by atoms with Crippen LogP contribution in [0.15, 0.2) is 102 Å². The first-order valence-electron chi connectivity index (χ1n) is 9.20. The fraction of sp³-hybridized carbons (Fsp3) is 0.0400. The highest BCUT2D eigenvalue weighted by Crippen LogP contribution is 2.20. The van der Waals surface area contributed by atoms with Gasteiger partial charge in [-0.2, -0.15) is 5.10 Å². The van der Waals surface area contributed by atoms with Crippen molar-refractivity contribution in [3.8, 4) is 11.1 Å². The Hall–Kier alpha value is -3.72. The predicted molar refractivity (Wildman–Crippen MR) is 116 cm³/mol. The highest BCUT2D eigenvalue weighted by molar-refractivity contribution is 6.08. The molecule has 0 spiro atoms. The molecule has 136 valence electrons. The minimum Gasteiger partial charge on any atom is -0.267 e. The Balaban J connectivity index is 1.52. The van der Waals surface area contributed by atoms with Crippen LogP contribution >= 0.6 is 0 Å². The number of carbonyl (C=O) groups excluding carboxylic acids is 1. The molecule has 3 heteroatoms. The van der Waals surface area contributed by atoms with Crippen molar-refractivity contribution in [1.29, 1.82) is 0 Å². The van der Waals surface area contributed by atoms with Gasteiger partial charge >= 0.3 is 0 Å². The van der Waals surface area contributed by atoms with E-state index in [9.17, 15) is 4.79 Å². The average Bonchev–Trinajstić information content (AvgIpc) is 2.77. The minimum atomic E-state index is -0.211. The smallest absolute Gasteiger partial charge is 0.267 e. The van der Waals surface area contributed by atoms with Gasteiger partial charge in [0.25, 0.3) is 5.91 Å². The summed E-state index contributed by atoms with van der Waals surface area (Å²) >= 11 is 0. The van der Waals surface area contributed by atoms with Crippen molar-refractivity contribution in [3.05, 3.63) is 108 Å². The molecule has 0 saturated heterocycles. The van der Waals surface area contributed by atoms with Gasteiger partial charge in [0.05, 0.1) is 5.71 Å². The molecule has 0 saturated carbocycles. The van der Waals surface area contributed by atoms with E-state index in [0.29, 0.717) is 5.56 Å². The molecule has 0 unspecified atom stereocenters.